The van der Waals surface area contributed by atoms with Gasteiger partial charge < -0.3 is 5.32 Å². The molecule has 0 spiro atoms. The predicted molar refractivity (Wildman–Crippen MR) is 137 cm³/mol. The van der Waals surface area contributed by atoms with Gasteiger partial charge in [-0.2, -0.15) is 0 Å². The van der Waals surface area contributed by atoms with Crippen molar-refractivity contribution in [3.63, 3.8) is 0 Å². The molecule has 4 aromatic rings. The molecule has 168 valence electrons. The summed E-state index contributed by atoms with van der Waals surface area (Å²) in [7, 11) is 0. The second kappa shape index (κ2) is 10.4. The van der Waals surface area contributed by atoms with Crippen molar-refractivity contribution in [2.45, 2.75) is 25.4 Å². The Bertz CT molecular complexity index is 1270. The summed E-state index contributed by atoms with van der Waals surface area (Å²) in [6, 6.07) is 21.1. The van der Waals surface area contributed by atoms with Crippen molar-refractivity contribution >= 4 is 46.6 Å². The minimum Gasteiger partial charge on any atom is -0.325 e. The van der Waals surface area contributed by atoms with Crippen LogP contribution in [-0.2, 0) is 11.2 Å². The molecule has 4 rings (SSSR count). The first-order valence-corrected chi connectivity index (χ1v) is 12.2. The van der Waals surface area contributed by atoms with Crippen LogP contribution in [0.4, 0.5) is 5.69 Å². The molecule has 0 fully saturated rings. The molecule has 1 aromatic heterocycles. The van der Waals surface area contributed by atoms with E-state index in [4.69, 9.17) is 23.2 Å². The van der Waals surface area contributed by atoms with Gasteiger partial charge in [0.2, 0.25) is 5.91 Å². The lowest BCUT2D eigenvalue weighted by Gasteiger charge is -2.12. The van der Waals surface area contributed by atoms with Crippen molar-refractivity contribution in [1.29, 1.82) is 0 Å². The highest BCUT2D eigenvalue weighted by molar-refractivity contribution is 7.99. The minimum absolute atomic E-state index is 0.144. The van der Waals surface area contributed by atoms with Gasteiger partial charge in [-0.05, 0) is 73.0 Å². The van der Waals surface area contributed by atoms with Crippen molar-refractivity contribution < 1.29 is 4.79 Å². The Balaban J connectivity index is 1.61. The molecule has 0 saturated heterocycles. The van der Waals surface area contributed by atoms with E-state index in [1.807, 2.05) is 54.0 Å². The molecule has 0 aliphatic heterocycles. The number of anilines is 1. The first kappa shape index (κ1) is 23.4. The summed E-state index contributed by atoms with van der Waals surface area (Å²) in [6.07, 6.45) is 0.956. The zero-order valence-corrected chi connectivity index (χ0v) is 20.5. The first-order chi connectivity index (χ1) is 15.9. The number of halogens is 2. The fourth-order valence-electron chi connectivity index (χ4n) is 3.31. The Morgan fingerprint density at radius 2 is 1.67 bits per heavy atom. The van der Waals surface area contributed by atoms with Gasteiger partial charge in [0.15, 0.2) is 11.0 Å². The summed E-state index contributed by atoms with van der Waals surface area (Å²) < 4.78 is 1.96. The molecule has 0 bridgehead atoms. The van der Waals surface area contributed by atoms with E-state index >= 15 is 0 Å². The molecule has 0 unspecified atom stereocenters. The Hall–Kier alpha value is -2.80. The third-order valence-electron chi connectivity index (χ3n) is 5.14. The van der Waals surface area contributed by atoms with Gasteiger partial charge in [0.05, 0.1) is 5.75 Å². The first-order valence-electron chi connectivity index (χ1n) is 10.4. The molecule has 1 N–H and O–H groups in total. The van der Waals surface area contributed by atoms with Crippen molar-refractivity contribution in [3.8, 4) is 17.1 Å². The van der Waals surface area contributed by atoms with Crippen LogP contribution in [0, 0.1) is 6.92 Å². The van der Waals surface area contributed by atoms with Crippen molar-refractivity contribution in [3.05, 3.63) is 87.9 Å². The van der Waals surface area contributed by atoms with E-state index in [0.717, 1.165) is 23.2 Å². The normalized spacial score (nSPS) is 10.9. The van der Waals surface area contributed by atoms with Crippen LogP contribution in [0.25, 0.3) is 17.1 Å². The van der Waals surface area contributed by atoms with Gasteiger partial charge in [0.25, 0.3) is 0 Å². The lowest BCUT2D eigenvalue weighted by atomic mass is 10.1. The van der Waals surface area contributed by atoms with Crippen LogP contribution in [0.3, 0.4) is 0 Å². The third kappa shape index (κ3) is 5.58. The van der Waals surface area contributed by atoms with E-state index < -0.39 is 0 Å². The monoisotopic (exact) mass is 496 g/mol. The summed E-state index contributed by atoms with van der Waals surface area (Å²) in [5.74, 6) is 0.719. The number of carbonyl (C=O) groups excluding carboxylic acids is 1. The highest BCUT2D eigenvalue weighted by Crippen LogP contribution is 2.29. The number of hydrogen-bond donors (Lipinski definition) is 1. The number of carbonyl (C=O) groups is 1. The zero-order chi connectivity index (χ0) is 23.4. The molecule has 0 radical (unpaired) electrons. The fraction of sp³-hybridized carbons (Fsp3) is 0.160. The number of nitrogens with one attached hydrogen (secondary N) is 1. The van der Waals surface area contributed by atoms with Gasteiger partial charge in [-0.3, -0.25) is 9.36 Å². The van der Waals surface area contributed by atoms with Crippen LogP contribution in [0.15, 0.2) is 71.9 Å². The topological polar surface area (TPSA) is 59.8 Å². The van der Waals surface area contributed by atoms with Crippen LogP contribution in [0.5, 0.6) is 0 Å². The molecule has 3 aromatic carbocycles. The number of aromatic nitrogens is 3. The molecule has 1 heterocycles. The molecule has 8 heteroatoms. The van der Waals surface area contributed by atoms with E-state index in [1.54, 1.807) is 12.1 Å². The average molecular weight is 497 g/mol. The standard InChI is InChI=1S/C25H22Cl2N4OS/c1-3-17-5-12-21(13-6-17)31-24(18-7-10-19(26)11-8-18)29-30-25(31)33-15-23(32)28-22-14-20(27)9-4-16(22)2/h4-14H,3,15H2,1-2H3,(H,28,32). The molecule has 1 amide bonds. The summed E-state index contributed by atoms with van der Waals surface area (Å²) >= 11 is 13.5. The van der Waals surface area contributed by atoms with E-state index in [2.05, 4.69) is 34.6 Å². The quantitative estimate of drug-likeness (QED) is 0.284. The van der Waals surface area contributed by atoms with Gasteiger partial charge in [0, 0.05) is 27.0 Å². The van der Waals surface area contributed by atoms with Crippen molar-refractivity contribution in [2.24, 2.45) is 0 Å². The number of nitrogens with zero attached hydrogens (tertiary/aromatic N) is 3. The third-order valence-corrected chi connectivity index (χ3v) is 6.56. The molecule has 0 atom stereocenters. The summed E-state index contributed by atoms with van der Waals surface area (Å²) in [5, 5.41) is 13.6. The summed E-state index contributed by atoms with van der Waals surface area (Å²) in [6.45, 7) is 4.04. The Kier molecular flexibility index (Phi) is 7.38. The number of amides is 1. The molecule has 0 aliphatic carbocycles. The number of thioether (sulfide) groups is 1. The smallest absolute Gasteiger partial charge is 0.234 e. The zero-order valence-electron chi connectivity index (χ0n) is 18.2. The van der Waals surface area contributed by atoms with Gasteiger partial charge in [-0.1, -0.05) is 60.1 Å². The molecular formula is C25H22Cl2N4OS. The molecular weight excluding hydrogens is 475 g/mol. The van der Waals surface area contributed by atoms with Crippen LogP contribution in [-0.4, -0.2) is 26.4 Å². The lowest BCUT2D eigenvalue weighted by molar-refractivity contribution is -0.113. The SMILES string of the molecule is CCc1ccc(-n2c(SCC(=O)Nc3cc(Cl)ccc3C)nnc2-c2ccc(Cl)cc2)cc1. The van der Waals surface area contributed by atoms with Gasteiger partial charge in [-0.15, -0.1) is 10.2 Å². The largest absolute Gasteiger partial charge is 0.325 e. The molecule has 33 heavy (non-hydrogen) atoms. The Labute approximate surface area is 207 Å². The van der Waals surface area contributed by atoms with E-state index in [9.17, 15) is 4.79 Å². The van der Waals surface area contributed by atoms with E-state index in [0.29, 0.717) is 26.7 Å². The summed E-state index contributed by atoms with van der Waals surface area (Å²) in [5.41, 5.74) is 4.70. The van der Waals surface area contributed by atoms with Gasteiger partial charge >= 0.3 is 0 Å². The summed E-state index contributed by atoms with van der Waals surface area (Å²) in [4.78, 5) is 12.6. The number of aryl methyl sites for hydroxylation is 2. The maximum Gasteiger partial charge on any atom is 0.234 e. The highest BCUT2D eigenvalue weighted by Gasteiger charge is 2.18. The van der Waals surface area contributed by atoms with Crippen LogP contribution in [0.2, 0.25) is 10.0 Å². The molecule has 5 nitrogen and oxygen atoms in total. The molecule has 0 saturated carbocycles. The van der Waals surface area contributed by atoms with Crippen LogP contribution < -0.4 is 5.32 Å². The van der Waals surface area contributed by atoms with Gasteiger partial charge in [-0.25, -0.2) is 0 Å². The average Bonchev–Trinajstić information content (AvgIpc) is 3.24. The van der Waals surface area contributed by atoms with Gasteiger partial charge in [0.1, 0.15) is 0 Å². The number of hydrogen-bond acceptors (Lipinski definition) is 4. The lowest BCUT2D eigenvalue weighted by Crippen LogP contribution is -2.15. The highest BCUT2D eigenvalue weighted by atomic mass is 35.5. The Morgan fingerprint density at radius 3 is 2.36 bits per heavy atom. The van der Waals surface area contributed by atoms with Crippen molar-refractivity contribution in [1.82, 2.24) is 14.8 Å². The second-order valence-electron chi connectivity index (χ2n) is 7.46. The minimum atomic E-state index is -0.144. The van der Waals surface area contributed by atoms with Crippen LogP contribution >= 0.6 is 35.0 Å². The fourth-order valence-corrected chi connectivity index (χ4v) is 4.36. The van der Waals surface area contributed by atoms with Crippen LogP contribution in [0.1, 0.15) is 18.1 Å². The predicted octanol–water partition coefficient (Wildman–Crippen LogP) is 6.84. The second-order valence-corrected chi connectivity index (χ2v) is 9.28. The van der Waals surface area contributed by atoms with E-state index in [1.165, 1.54) is 17.3 Å². The molecule has 0 aliphatic rings. The maximum absolute atomic E-state index is 12.6. The van der Waals surface area contributed by atoms with E-state index in [-0.39, 0.29) is 11.7 Å². The Morgan fingerprint density at radius 1 is 0.970 bits per heavy atom. The number of rotatable bonds is 7. The maximum atomic E-state index is 12.6. The van der Waals surface area contributed by atoms with Crippen molar-refractivity contribution in [2.75, 3.05) is 11.1 Å². The number of benzene rings is 3.